The first-order valence-corrected chi connectivity index (χ1v) is 9.28. The lowest BCUT2D eigenvalue weighted by atomic mass is 9.83. The lowest BCUT2D eigenvalue weighted by Gasteiger charge is -2.35. The Hall–Kier alpha value is -2.58. The minimum atomic E-state index is 0.261. The van der Waals surface area contributed by atoms with Gasteiger partial charge in [0.2, 0.25) is 0 Å². The maximum Gasteiger partial charge on any atom is 0.142 e. The van der Waals surface area contributed by atoms with E-state index in [0.717, 1.165) is 53.9 Å². The van der Waals surface area contributed by atoms with Gasteiger partial charge in [-0.1, -0.05) is 0 Å². The largest absolute Gasteiger partial charge is 0.508 e. The molecule has 5 heteroatoms. The Morgan fingerprint density at radius 2 is 2.04 bits per heavy atom. The Labute approximate surface area is 154 Å². The number of rotatable bonds is 2. The van der Waals surface area contributed by atoms with E-state index in [-0.39, 0.29) is 5.75 Å². The van der Waals surface area contributed by atoms with Crippen LogP contribution in [0.15, 0.2) is 18.2 Å². The van der Waals surface area contributed by atoms with Crippen molar-refractivity contribution in [3.63, 3.8) is 0 Å². The molecule has 26 heavy (non-hydrogen) atoms. The number of pyridine rings is 1. The fraction of sp³-hybridized carbons (Fsp3) is 0.429. The topological polar surface area (TPSA) is 86.2 Å². The Bertz CT molecular complexity index is 905. The van der Waals surface area contributed by atoms with E-state index in [1.807, 2.05) is 6.07 Å². The molecular weight excluding hydrogens is 324 g/mol. The average molecular weight is 348 g/mol. The zero-order valence-electron chi connectivity index (χ0n) is 15.3. The first kappa shape index (κ1) is 16.9. The van der Waals surface area contributed by atoms with Crippen molar-refractivity contribution in [2.45, 2.75) is 45.1 Å². The molecule has 3 N–H and O–H groups in total. The van der Waals surface area contributed by atoms with Gasteiger partial charge in [0.05, 0.1) is 11.3 Å². The molecule has 0 spiro atoms. The molecule has 0 bridgehead atoms. The molecule has 0 radical (unpaired) electrons. The molecule has 2 aromatic rings. The van der Waals surface area contributed by atoms with Gasteiger partial charge < -0.3 is 15.7 Å². The summed E-state index contributed by atoms with van der Waals surface area (Å²) < 4.78 is 0. The summed E-state index contributed by atoms with van der Waals surface area (Å²) in [5.41, 5.74) is 11.9. The Balaban J connectivity index is 1.79. The van der Waals surface area contributed by atoms with Gasteiger partial charge >= 0.3 is 0 Å². The summed E-state index contributed by atoms with van der Waals surface area (Å²) >= 11 is 0. The van der Waals surface area contributed by atoms with Crippen LogP contribution in [-0.2, 0) is 6.42 Å². The van der Waals surface area contributed by atoms with Crippen molar-refractivity contribution in [2.75, 3.05) is 18.8 Å². The summed E-state index contributed by atoms with van der Waals surface area (Å²) in [5, 5.41) is 19.6. The molecule has 1 aliphatic heterocycles. The minimum Gasteiger partial charge on any atom is -0.508 e. The van der Waals surface area contributed by atoms with Gasteiger partial charge in [-0.05, 0) is 80.6 Å². The predicted molar refractivity (Wildman–Crippen MR) is 102 cm³/mol. The molecular formula is C21H24N4O. The molecule has 134 valence electrons. The molecule has 0 unspecified atom stereocenters. The summed E-state index contributed by atoms with van der Waals surface area (Å²) in [6.45, 7) is 6.54. The van der Waals surface area contributed by atoms with Crippen molar-refractivity contribution in [1.29, 1.82) is 5.26 Å². The first-order valence-electron chi connectivity index (χ1n) is 9.28. The summed E-state index contributed by atoms with van der Waals surface area (Å²) in [6.07, 6.45) is 2.77. The van der Waals surface area contributed by atoms with Crippen LogP contribution in [0.3, 0.4) is 0 Å². The van der Waals surface area contributed by atoms with Crippen molar-refractivity contribution in [2.24, 2.45) is 0 Å². The highest BCUT2D eigenvalue weighted by molar-refractivity contribution is 5.79. The SMILES string of the molecule is CC(C)N1CCC(c2c(C#N)c(N)nc3c2Cc2cc(O)ccc2-3)CC1. The predicted octanol–water partition coefficient (Wildman–Crippen LogP) is 3.40. The van der Waals surface area contributed by atoms with Crippen LogP contribution in [0.4, 0.5) is 5.82 Å². The fourth-order valence-corrected chi connectivity index (χ4v) is 4.48. The van der Waals surface area contributed by atoms with E-state index in [1.165, 1.54) is 0 Å². The van der Waals surface area contributed by atoms with Crippen LogP contribution in [0.1, 0.15) is 54.9 Å². The third-order valence-corrected chi connectivity index (χ3v) is 5.86. The van der Waals surface area contributed by atoms with E-state index in [4.69, 9.17) is 5.73 Å². The van der Waals surface area contributed by atoms with Gasteiger partial charge in [-0.3, -0.25) is 0 Å². The number of nitrogen functional groups attached to an aromatic ring is 1. The molecule has 5 nitrogen and oxygen atoms in total. The normalized spacial score (nSPS) is 17.2. The highest BCUT2D eigenvalue weighted by Gasteiger charge is 2.32. The number of aromatic nitrogens is 1. The van der Waals surface area contributed by atoms with Crippen LogP contribution in [0.25, 0.3) is 11.3 Å². The lowest BCUT2D eigenvalue weighted by molar-refractivity contribution is 0.171. The smallest absolute Gasteiger partial charge is 0.142 e. The second kappa shape index (κ2) is 6.30. The number of fused-ring (bicyclic) bond motifs is 3. The van der Waals surface area contributed by atoms with Crippen LogP contribution < -0.4 is 5.73 Å². The Kier molecular flexibility index (Phi) is 4.08. The average Bonchev–Trinajstić information content (AvgIpc) is 2.97. The summed E-state index contributed by atoms with van der Waals surface area (Å²) in [6, 6.07) is 8.24. The Morgan fingerprint density at radius 3 is 2.69 bits per heavy atom. The number of anilines is 1. The number of benzene rings is 1. The van der Waals surface area contributed by atoms with Gasteiger partial charge in [0.15, 0.2) is 0 Å². The van der Waals surface area contributed by atoms with Gasteiger partial charge in [-0.2, -0.15) is 5.26 Å². The molecule has 4 rings (SSSR count). The number of piperidine rings is 1. The maximum atomic E-state index is 9.83. The van der Waals surface area contributed by atoms with Gasteiger partial charge in [0, 0.05) is 18.0 Å². The van der Waals surface area contributed by atoms with E-state index >= 15 is 0 Å². The van der Waals surface area contributed by atoms with Gasteiger partial charge in [-0.25, -0.2) is 4.98 Å². The molecule has 0 atom stereocenters. The number of hydrogen-bond acceptors (Lipinski definition) is 5. The standard InChI is InChI=1S/C21H24N4O/c1-12(2)25-7-5-13(6-8-25)19-17-10-14-9-15(26)3-4-16(14)20(17)24-21(23)18(19)11-22/h3-4,9,12-13,26H,5-8,10H2,1-2H3,(H2,23,24). The highest BCUT2D eigenvalue weighted by atomic mass is 16.3. The number of nitrogens with two attached hydrogens (primary N) is 1. The highest BCUT2D eigenvalue weighted by Crippen LogP contribution is 2.44. The van der Waals surface area contributed by atoms with Crippen molar-refractivity contribution in [1.82, 2.24) is 9.88 Å². The number of aromatic hydroxyl groups is 1. The number of likely N-dealkylation sites (tertiary alicyclic amines) is 1. The number of nitriles is 1. The molecule has 1 aliphatic carbocycles. The molecule has 0 amide bonds. The van der Waals surface area contributed by atoms with Gasteiger partial charge in [0.25, 0.3) is 0 Å². The van der Waals surface area contributed by atoms with Crippen LogP contribution in [0.5, 0.6) is 5.75 Å². The van der Waals surface area contributed by atoms with Crippen molar-refractivity contribution >= 4 is 5.82 Å². The van der Waals surface area contributed by atoms with E-state index in [1.54, 1.807) is 12.1 Å². The minimum absolute atomic E-state index is 0.261. The van der Waals surface area contributed by atoms with Gasteiger partial charge in [0.1, 0.15) is 17.6 Å². The summed E-state index contributed by atoms with van der Waals surface area (Å²) in [4.78, 5) is 7.04. The number of nitrogens with zero attached hydrogens (tertiary/aromatic N) is 3. The number of hydrogen-bond donors (Lipinski definition) is 2. The van der Waals surface area contributed by atoms with Crippen molar-refractivity contribution in [3.05, 3.63) is 40.5 Å². The van der Waals surface area contributed by atoms with E-state index in [0.29, 0.717) is 29.8 Å². The van der Waals surface area contributed by atoms with Crippen LogP contribution in [-0.4, -0.2) is 34.1 Å². The monoisotopic (exact) mass is 348 g/mol. The molecule has 1 aromatic carbocycles. The quantitative estimate of drug-likeness (QED) is 0.741. The fourth-order valence-electron chi connectivity index (χ4n) is 4.48. The number of phenolic OH excluding ortho intramolecular Hbond substituents is 1. The van der Waals surface area contributed by atoms with Crippen LogP contribution in [0.2, 0.25) is 0 Å². The van der Waals surface area contributed by atoms with Crippen molar-refractivity contribution < 1.29 is 5.11 Å². The third kappa shape index (κ3) is 2.62. The maximum absolute atomic E-state index is 9.83. The molecule has 1 aromatic heterocycles. The van der Waals surface area contributed by atoms with Crippen LogP contribution in [0, 0.1) is 11.3 Å². The summed E-state index contributed by atoms with van der Waals surface area (Å²) in [7, 11) is 0. The van der Waals surface area contributed by atoms with E-state index in [2.05, 4.69) is 29.8 Å². The number of phenols is 1. The second-order valence-corrected chi connectivity index (χ2v) is 7.65. The first-order chi connectivity index (χ1) is 12.5. The molecule has 1 fully saturated rings. The third-order valence-electron chi connectivity index (χ3n) is 5.86. The zero-order chi connectivity index (χ0) is 18.4. The molecule has 2 aliphatic rings. The lowest BCUT2D eigenvalue weighted by Crippen LogP contribution is -2.38. The van der Waals surface area contributed by atoms with E-state index < -0.39 is 0 Å². The molecule has 2 heterocycles. The zero-order valence-corrected chi connectivity index (χ0v) is 15.3. The second-order valence-electron chi connectivity index (χ2n) is 7.65. The van der Waals surface area contributed by atoms with Crippen molar-refractivity contribution in [3.8, 4) is 23.1 Å². The summed E-state index contributed by atoms with van der Waals surface area (Å²) in [5.74, 6) is 0.923. The molecule has 0 saturated carbocycles. The molecule has 1 saturated heterocycles. The van der Waals surface area contributed by atoms with E-state index in [9.17, 15) is 10.4 Å². The van der Waals surface area contributed by atoms with Gasteiger partial charge in [-0.15, -0.1) is 0 Å². The van der Waals surface area contributed by atoms with Crippen LogP contribution >= 0.6 is 0 Å². The Morgan fingerprint density at radius 1 is 1.31 bits per heavy atom.